The first-order chi connectivity index (χ1) is 10.5. The summed E-state index contributed by atoms with van der Waals surface area (Å²) in [6.07, 6.45) is 3.55. The first kappa shape index (κ1) is 14.6. The maximum Gasteiger partial charge on any atom is 0.323 e. The van der Waals surface area contributed by atoms with E-state index in [-0.39, 0.29) is 18.1 Å². The Morgan fingerprint density at radius 1 is 1.50 bits per heavy atom. The van der Waals surface area contributed by atoms with Crippen LogP contribution in [0.2, 0.25) is 0 Å². The van der Waals surface area contributed by atoms with Crippen molar-refractivity contribution < 1.29 is 9.32 Å². The third kappa shape index (κ3) is 2.81. The highest BCUT2D eigenvalue weighted by molar-refractivity contribution is 5.88. The summed E-state index contributed by atoms with van der Waals surface area (Å²) in [5.74, 6) is 1.19. The zero-order valence-corrected chi connectivity index (χ0v) is 13.0. The van der Waals surface area contributed by atoms with Crippen LogP contribution in [-0.2, 0) is 0 Å². The van der Waals surface area contributed by atoms with Crippen LogP contribution in [0.15, 0.2) is 16.8 Å². The van der Waals surface area contributed by atoms with Crippen LogP contribution < -0.4 is 5.32 Å². The molecule has 1 saturated heterocycles. The predicted molar refractivity (Wildman–Crippen MR) is 79.3 cm³/mol. The Balaban J connectivity index is 1.70. The normalized spacial score (nSPS) is 18.2. The van der Waals surface area contributed by atoms with Gasteiger partial charge in [0.1, 0.15) is 0 Å². The molecule has 1 N–H and O–H groups in total. The molecule has 0 aromatic carbocycles. The summed E-state index contributed by atoms with van der Waals surface area (Å²) >= 11 is 0. The third-order valence-electron chi connectivity index (χ3n) is 3.76. The molecule has 2 amide bonds. The van der Waals surface area contributed by atoms with Gasteiger partial charge in [0, 0.05) is 18.7 Å². The Hall–Kier alpha value is -2.38. The summed E-state index contributed by atoms with van der Waals surface area (Å²) in [5.41, 5.74) is 0.821. The van der Waals surface area contributed by atoms with Gasteiger partial charge in [-0.05, 0) is 33.6 Å². The molecule has 118 valence electrons. The number of amides is 2. The lowest BCUT2D eigenvalue weighted by Gasteiger charge is -2.22. The van der Waals surface area contributed by atoms with Crippen molar-refractivity contribution in [2.24, 2.45) is 0 Å². The molecule has 1 aliphatic rings. The largest absolute Gasteiger partial charge is 0.359 e. The highest BCUT2D eigenvalue weighted by Gasteiger charge is 2.33. The second kappa shape index (κ2) is 5.78. The van der Waals surface area contributed by atoms with E-state index in [1.54, 1.807) is 15.8 Å². The molecule has 3 rings (SSSR count). The maximum atomic E-state index is 12.5. The van der Waals surface area contributed by atoms with E-state index >= 15 is 0 Å². The van der Waals surface area contributed by atoms with E-state index < -0.39 is 0 Å². The Labute approximate surface area is 128 Å². The molecule has 3 heterocycles. The minimum Gasteiger partial charge on any atom is -0.359 e. The molecule has 0 spiro atoms. The molecule has 0 radical (unpaired) electrons. The SMILES string of the molecule is Cc1cc([C@@H]2CCCN2C(=O)Nc2cn(C(C)C)nn2)on1. The molecule has 2 aromatic heterocycles. The number of anilines is 1. The Morgan fingerprint density at radius 3 is 2.95 bits per heavy atom. The smallest absolute Gasteiger partial charge is 0.323 e. The Morgan fingerprint density at radius 2 is 2.32 bits per heavy atom. The molecular weight excluding hydrogens is 284 g/mol. The molecule has 0 aliphatic carbocycles. The summed E-state index contributed by atoms with van der Waals surface area (Å²) in [7, 11) is 0. The molecular formula is C14H20N6O2. The fourth-order valence-electron chi connectivity index (χ4n) is 2.61. The lowest BCUT2D eigenvalue weighted by atomic mass is 10.1. The molecule has 1 fully saturated rings. The second-order valence-corrected chi connectivity index (χ2v) is 5.83. The first-order valence-electron chi connectivity index (χ1n) is 7.47. The van der Waals surface area contributed by atoms with E-state index in [1.165, 1.54) is 0 Å². The van der Waals surface area contributed by atoms with Crippen LogP contribution in [0.4, 0.5) is 10.6 Å². The number of nitrogens with zero attached hydrogens (tertiary/aromatic N) is 5. The van der Waals surface area contributed by atoms with Gasteiger partial charge in [0.05, 0.1) is 17.9 Å². The van der Waals surface area contributed by atoms with Crippen molar-refractivity contribution in [1.82, 2.24) is 25.1 Å². The van der Waals surface area contributed by atoms with Crippen molar-refractivity contribution in [2.45, 2.75) is 45.7 Å². The van der Waals surface area contributed by atoms with Crippen molar-refractivity contribution in [1.29, 1.82) is 0 Å². The predicted octanol–water partition coefficient (Wildman–Crippen LogP) is 2.52. The molecule has 0 bridgehead atoms. The van der Waals surface area contributed by atoms with Crippen molar-refractivity contribution in [3.05, 3.63) is 23.7 Å². The fraction of sp³-hybridized carbons (Fsp3) is 0.571. The molecule has 1 aliphatic heterocycles. The van der Waals surface area contributed by atoms with Crippen LogP contribution in [0, 0.1) is 6.92 Å². The van der Waals surface area contributed by atoms with Gasteiger partial charge < -0.3 is 9.42 Å². The molecule has 0 unspecified atom stereocenters. The van der Waals surface area contributed by atoms with Crippen LogP contribution in [0.3, 0.4) is 0 Å². The quantitative estimate of drug-likeness (QED) is 0.941. The summed E-state index contributed by atoms with van der Waals surface area (Å²) in [6.45, 7) is 6.57. The number of carbonyl (C=O) groups is 1. The lowest BCUT2D eigenvalue weighted by molar-refractivity contribution is 0.195. The van der Waals surface area contributed by atoms with Gasteiger partial charge in [-0.2, -0.15) is 0 Å². The number of likely N-dealkylation sites (tertiary alicyclic amines) is 1. The van der Waals surface area contributed by atoms with Gasteiger partial charge in [0.15, 0.2) is 11.6 Å². The number of aryl methyl sites for hydroxylation is 1. The number of carbonyl (C=O) groups excluding carboxylic acids is 1. The van der Waals surface area contributed by atoms with Crippen LogP contribution in [0.25, 0.3) is 0 Å². The van der Waals surface area contributed by atoms with Gasteiger partial charge in [-0.25, -0.2) is 9.48 Å². The Kier molecular flexibility index (Phi) is 3.82. The standard InChI is InChI=1S/C14H20N6O2/c1-9(2)20-8-13(16-18-20)15-14(21)19-6-4-5-11(19)12-7-10(3)17-22-12/h7-9,11H,4-6H2,1-3H3,(H,15,21)/t11-/m0/s1. The molecule has 22 heavy (non-hydrogen) atoms. The average molecular weight is 304 g/mol. The van der Waals surface area contributed by atoms with Gasteiger partial charge in [-0.15, -0.1) is 5.10 Å². The van der Waals surface area contributed by atoms with Crippen LogP contribution in [0.5, 0.6) is 0 Å². The van der Waals surface area contributed by atoms with Gasteiger partial charge in [-0.3, -0.25) is 5.32 Å². The highest BCUT2D eigenvalue weighted by Crippen LogP contribution is 2.32. The van der Waals surface area contributed by atoms with Crippen LogP contribution in [0.1, 0.15) is 50.2 Å². The number of aromatic nitrogens is 4. The molecule has 8 heteroatoms. The van der Waals surface area contributed by atoms with Gasteiger partial charge in [0.25, 0.3) is 0 Å². The van der Waals surface area contributed by atoms with Crippen molar-refractivity contribution >= 4 is 11.8 Å². The maximum absolute atomic E-state index is 12.5. The summed E-state index contributed by atoms with van der Waals surface area (Å²) in [6, 6.07) is 1.83. The zero-order chi connectivity index (χ0) is 15.7. The number of hydrogen-bond acceptors (Lipinski definition) is 5. The van der Waals surface area contributed by atoms with Crippen molar-refractivity contribution in [3.63, 3.8) is 0 Å². The molecule has 1 atom stereocenters. The zero-order valence-electron chi connectivity index (χ0n) is 13.0. The number of hydrogen-bond donors (Lipinski definition) is 1. The number of rotatable bonds is 3. The number of urea groups is 1. The van der Waals surface area contributed by atoms with Crippen LogP contribution in [-0.4, -0.2) is 37.6 Å². The van der Waals surface area contributed by atoms with E-state index in [2.05, 4.69) is 20.8 Å². The van der Waals surface area contributed by atoms with E-state index in [0.29, 0.717) is 12.4 Å². The Bertz CT molecular complexity index is 662. The van der Waals surface area contributed by atoms with Crippen molar-refractivity contribution in [3.8, 4) is 0 Å². The summed E-state index contributed by atoms with van der Waals surface area (Å²) in [4.78, 5) is 14.2. The second-order valence-electron chi connectivity index (χ2n) is 5.83. The average Bonchev–Trinajstić information content (AvgIpc) is 3.16. The van der Waals surface area contributed by atoms with E-state index in [9.17, 15) is 4.79 Å². The minimum absolute atomic E-state index is 0.0682. The summed E-state index contributed by atoms with van der Waals surface area (Å²) < 4.78 is 7.02. The van der Waals surface area contributed by atoms with Gasteiger partial charge in [0.2, 0.25) is 0 Å². The lowest BCUT2D eigenvalue weighted by Crippen LogP contribution is -2.34. The number of nitrogens with one attached hydrogen (secondary N) is 1. The van der Waals surface area contributed by atoms with E-state index in [4.69, 9.17) is 4.52 Å². The first-order valence-corrected chi connectivity index (χ1v) is 7.47. The van der Waals surface area contributed by atoms with Crippen molar-refractivity contribution in [2.75, 3.05) is 11.9 Å². The minimum atomic E-state index is -0.188. The van der Waals surface area contributed by atoms with Gasteiger partial charge >= 0.3 is 6.03 Å². The molecule has 0 saturated carbocycles. The van der Waals surface area contributed by atoms with E-state index in [1.807, 2.05) is 26.8 Å². The third-order valence-corrected chi connectivity index (χ3v) is 3.76. The van der Waals surface area contributed by atoms with Crippen LogP contribution >= 0.6 is 0 Å². The van der Waals surface area contributed by atoms with Gasteiger partial charge in [-0.1, -0.05) is 10.4 Å². The monoisotopic (exact) mass is 304 g/mol. The molecule has 8 nitrogen and oxygen atoms in total. The summed E-state index contributed by atoms with van der Waals surface area (Å²) in [5, 5.41) is 14.6. The van der Waals surface area contributed by atoms with E-state index in [0.717, 1.165) is 24.3 Å². The topological polar surface area (TPSA) is 89.1 Å². The molecule has 2 aromatic rings. The fourth-order valence-corrected chi connectivity index (χ4v) is 2.61. The highest BCUT2D eigenvalue weighted by atomic mass is 16.5.